The first-order chi connectivity index (χ1) is 6.56. The third-order valence-corrected chi connectivity index (χ3v) is 1.47. The van der Waals surface area contributed by atoms with Gasteiger partial charge in [-0.2, -0.15) is 0 Å². The molecular formula is C7H7N3O4. The second kappa shape index (κ2) is 3.69. The monoisotopic (exact) mass is 197 g/mol. The Bertz CT molecular complexity index is 391. The van der Waals surface area contributed by atoms with Crippen molar-refractivity contribution in [3.05, 3.63) is 27.8 Å². The number of ether oxygens (including phenoxy) is 1. The zero-order chi connectivity index (χ0) is 10.7. The first kappa shape index (κ1) is 9.90. The van der Waals surface area contributed by atoms with Gasteiger partial charge in [0.25, 0.3) is 0 Å². The Morgan fingerprint density at radius 1 is 1.64 bits per heavy atom. The Morgan fingerprint density at radius 2 is 2.29 bits per heavy atom. The van der Waals surface area contributed by atoms with Crippen LogP contribution < -0.4 is 5.73 Å². The zero-order valence-corrected chi connectivity index (χ0v) is 7.26. The molecule has 7 heteroatoms. The number of nitrogen functional groups attached to an aromatic ring is 1. The van der Waals surface area contributed by atoms with E-state index in [2.05, 4.69) is 9.72 Å². The van der Waals surface area contributed by atoms with Gasteiger partial charge in [-0.05, 0) is 16.0 Å². The molecule has 0 amide bonds. The molecule has 0 atom stereocenters. The van der Waals surface area contributed by atoms with Gasteiger partial charge in [-0.1, -0.05) is 0 Å². The highest BCUT2D eigenvalue weighted by atomic mass is 16.6. The van der Waals surface area contributed by atoms with Crippen molar-refractivity contribution in [3.63, 3.8) is 0 Å². The van der Waals surface area contributed by atoms with E-state index in [-0.39, 0.29) is 11.4 Å². The van der Waals surface area contributed by atoms with E-state index in [1.54, 1.807) is 0 Å². The van der Waals surface area contributed by atoms with Crippen LogP contribution in [0.4, 0.5) is 11.6 Å². The molecular weight excluding hydrogens is 190 g/mol. The van der Waals surface area contributed by atoms with Crippen molar-refractivity contribution in [2.24, 2.45) is 0 Å². The Balaban J connectivity index is 3.28. The van der Waals surface area contributed by atoms with Gasteiger partial charge in [-0.3, -0.25) is 0 Å². The largest absolute Gasteiger partial charge is 0.465 e. The third kappa shape index (κ3) is 1.76. The van der Waals surface area contributed by atoms with Crippen LogP contribution in [-0.4, -0.2) is 23.0 Å². The van der Waals surface area contributed by atoms with Crippen LogP contribution in [0.15, 0.2) is 12.1 Å². The SMILES string of the molecule is COC(=O)c1ccc(N)nc1[N+](=O)[O-]. The fourth-order valence-corrected chi connectivity index (χ4v) is 0.871. The Kier molecular flexibility index (Phi) is 2.61. The van der Waals surface area contributed by atoms with Crippen LogP contribution in [0.1, 0.15) is 10.4 Å². The maximum Gasteiger partial charge on any atom is 0.380 e. The first-order valence-corrected chi connectivity index (χ1v) is 3.55. The summed E-state index contributed by atoms with van der Waals surface area (Å²) in [4.78, 5) is 24.1. The number of nitrogens with two attached hydrogens (primary N) is 1. The van der Waals surface area contributed by atoms with E-state index in [4.69, 9.17) is 5.73 Å². The van der Waals surface area contributed by atoms with Crippen LogP contribution in [0.3, 0.4) is 0 Å². The van der Waals surface area contributed by atoms with E-state index < -0.39 is 16.7 Å². The summed E-state index contributed by atoms with van der Waals surface area (Å²) < 4.78 is 4.34. The lowest BCUT2D eigenvalue weighted by Gasteiger charge is -1.99. The number of nitro groups is 1. The van der Waals surface area contributed by atoms with Crippen molar-refractivity contribution >= 4 is 17.6 Å². The number of carbonyl (C=O) groups is 1. The zero-order valence-electron chi connectivity index (χ0n) is 7.26. The lowest BCUT2D eigenvalue weighted by Crippen LogP contribution is -2.08. The van der Waals surface area contributed by atoms with Crippen LogP contribution in [0.2, 0.25) is 0 Å². The molecule has 0 aliphatic heterocycles. The second-order valence-electron chi connectivity index (χ2n) is 2.36. The van der Waals surface area contributed by atoms with Crippen molar-refractivity contribution in [2.45, 2.75) is 0 Å². The molecule has 0 aromatic carbocycles. The van der Waals surface area contributed by atoms with Crippen LogP contribution in [-0.2, 0) is 4.74 Å². The standard InChI is InChI=1S/C7H7N3O4/c1-14-7(11)4-2-3-5(8)9-6(4)10(12)13/h2-3H,1H3,(H2,8,9). The minimum atomic E-state index is -0.816. The van der Waals surface area contributed by atoms with Gasteiger partial charge >= 0.3 is 11.8 Å². The number of nitrogens with zero attached hydrogens (tertiary/aromatic N) is 2. The van der Waals surface area contributed by atoms with Crippen LogP contribution in [0.25, 0.3) is 0 Å². The first-order valence-electron chi connectivity index (χ1n) is 3.55. The maximum atomic E-state index is 11.0. The predicted octanol–water partition coefficient (Wildman–Crippen LogP) is 0.359. The van der Waals surface area contributed by atoms with Gasteiger partial charge in [0.1, 0.15) is 0 Å². The number of rotatable bonds is 2. The molecule has 14 heavy (non-hydrogen) atoms. The van der Waals surface area contributed by atoms with E-state index in [1.165, 1.54) is 12.1 Å². The molecule has 1 aromatic rings. The highest BCUT2D eigenvalue weighted by molar-refractivity contribution is 5.93. The lowest BCUT2D eigenvalue weighted by atomic mass is 10.2. The molecule has 0 aliphatic carbocycles. The quantitative estimate of drug-likeness (QED) is 0.416. The fraction of sp³-hybridized carbons (Fsp3) is 0.143. The summed E-state index contributed by atoms with van der Waals surface area (Å²) in [6.45, 7) is 0. The summed E-state index contributed by atoms with van der Waals surface area (Å²) in [5.41, 5.74) is 5.02. The van der Waals surface area contributed by atoms with E-state index in [9.17, 15) is 14.9 Å². The number of esters is 1. The van der Waals surface area contributed by atoms with Gasteiger partial charge in [0, 0.05) is 6.07 Å². The summed E-state index contributed by atoms with van der Waals surface area (Å²) in [6.07, 6.45) is 0. The lowest BCUT2D eigenvalue weighted by molar-refractivity contribution is -0.389. The van der Waals surface area contributed by atoms with Gasteiger partial charge < -0.3 is 20.6 Å². The van der Waals surface area contributed by atoms with Crippen molar-refractivity contribution in [2.75, 3.05) is 12.8 Å². The Labute approximate surface area is 78.6 Å². The summed E-state index contributed by atoms with van der Waals surface area (Å²) >= 11 is 0. The molecule has 74 valence electrons. The average Bonchev–Trinajstić information content (AvgIpc) is 2.16. The highest BCUT2D eigenvalue weighted by Crippen LogP contribution is 2.17. The topological polar surface area (TPSA) is 108 Å². The number of anilines is 1. The molecule has 1 heterocycles. The van der Waals surface area contributed by atoms with Crippen LogP contribution in [0, 0.1) is 10.1 Å². The Hall–Kier alpha value is -2.18. The minimum Gasteiger partial charge on any atom is -0.465 e. The van der Waals surface area contributed by atoms with E-state index in [0.717, 1.165) is 7.11 Å². The number of hydrogen-bond donors (Lipinski definition) is 1. The fourth-order valence-electron chi connectivity index (χ4n) is 0.871. The number of hydrogen-bond acceptors (Lipinski definition) is 6. The molecule has 1 rings (SSSR count). The molecule has 0 radical (unpaired) electrons. The normalized spacial score (nSPS) is 9.50. The maximum absolute atomic E-state index is 11.0. The minimum absolute atomic E-state index is 0.0237. The third-order valence-electron chi connectivity index (χ3n) is 1.47. The average molecular weight is 197 g/mol. The van der Waals surface area contributed by atoms with Gasteiger partial charge in [-0.25, -0.2) is 4.79 Å². The second-order valence-corrected chi connectivity index (χ2v) is 2.36. The van der Waals surface area contributed by atoms with Crippen molar-refractivity contribution in [1.82, 2.24) is 4.98 Å². The van der Waals surface area contributed by atoms with Crippen molar-refractivity contribution in [3.8, 4) is 0 Å². The van der Waals surface area contributed by atoms with E-state index >= 15 is 0 Å². The summed E-state index contributed by atoms with van der Waals surface area (Å²) in [5, 5.41) is 10.5. The highest BCUT2D eigenvalue weighted by Gasteiger charge is 2.22. The number of pyridine rings is 1. The Morgan fingerprint density at radius 3 is 2.79 bits per heavy atom. The summed E-state index contributed by atoms with van der Waals surface area (Å²) in [5.74, 6) is -1.44. The molecule has 0 saturated heterocycles. The number of aromatic nitrogens is 1. The smallest absolute Gasteiger partial charge is 0.380 e. The van der Waals surface area contributed by atoms with Crippen LogP contribution in [0.5, 0.6) is 0 Å². The molecule has 7 nitrogen and oxygen atoms in total. The molecule has 0 spiro atoms. The molecule has 0 saturated carbocycles. The van der Waals surface area contributed by atoms with E-state index in [0.29, 0.717) is 0 Å². The van der Waals surface area contributed by atoms with Crippen molar-refractivity contribution in [1.29, 1.82) is 0 Å². The van der Waals surface area contributed by atoms with Crippen molar-refractivity contribution < 1.29 is 14.5 Å². The molecule has 0 unspecified atom stereocenters. The van der Waals surface area contributed by atoms with Gasteiger partial charge in [0.2, 0.25) is 5.82 Å². The summed E-state index contributed by atoms with van der Waals surface area (Å²) in [7, 11) is 1.13. The van der Waals surface area contributed by atoms with Gasteiger partial charge in [-0.15, -0.1) is 0 Å². The predicted molar refractivity (Wildman–Crippen MR) is 46.6 cm³/mol. The molecule has 1 aromatic heterocycles. The summed E-state index contributed by atoms with van der Waals surface area (Å²) in [6, 6.07) is 2.49. The van der Waals surface area contributed by atoms with Gasteiger partial charge in [0.15, 0.2) is 5.56 Å². The molecule has 0 bridgehead atoms. The molecule has 2 N–H and O–H groups in total. The van der Waals surface area contributed by atoms with Gasteiger partial charge in [0.05, 0.1) is 7.11 Å². The number of carbonyl (C=O) groups excluding carboxylic acids is 1. The molecule has 0 aliphatic rings. The van der Waals surface area contributed by atoms with Crippen LogP contribution >= 0.6 is 0 Å². The van der Waals surface area contributed by atoms with E-state index in [1.807, 2.05) is 0 Å². The number of methoxy groups -OCH3 is 1. The molecule has 0 fully saturated rings.